The Morgan fingerprint density at radius 3 is 2.53 bits per heavy atom. The van der Waals surface area contributed by atoms with Gasteiger partial charge < -0.3 is 4.90 Å². The largest absolute Gasteiger partial charge is 0.338 e. The minimum atomic E-state index is -3.52. The predicted molar refractivity (Wildman–Crippen MR) is 112 cm³/mol. The van der Waals surface area contributed by atoms with E-state index in [2.05, 4.69) is 9.82 Å². The number of benzene rings is 1. The zero-order valence-electron chi connectivity index (χ0n) is 16.3. The summed E-state index contributed by atoms with van der Waals surface area (Å²) in [6, 6.07) is 8.98. The van der Waals surface area contributed by atoms with E-state index in [4.69, 9.17) is 0 Å². The SMILES string of the molecule is Cc1c(C(=O)N2CCC(NS(=O)(=O)c3cccs3)CC2)cnn1-c1ccc(F)cc1. The molecule has 3 heterocycles. The molecule has 1 amide bonds. The van der Waals surface area contributed by atoms with Crippen LogP contribution in [0.2, 0.25) is 0 Å². The van der Waals surface area contributed by atoms with Crippen LogP contribution in [-0.4, -0.2) is 48.1 Å². The third-order valence-corrected chi connectivity index (χ3v) is 8.09. The molecule has 10 heteroatoms. The predicted octanol–water partition coefficient (Wildman–Crippen LogP) is 2.96. The van der Waals surface area contributed by atoms with Gasteiger partial charge in [0.2, 0.25) is 10.0 Å². The van der Waals surface area contributed by atoms with E-state index >= 15 is 0 Å². The number of thiophene rings is 1. The maximum Gasteiger partial charge on any atom is 0.257 e. The highest BCUT2D eigenvalue weighted by molar-refractivity contribution is 7.91. The molecule has 0 radical (unpaired) electrons. The van der Waals surface area contributed by atoms with Crippen molar-refractivity contribution < 1.29 is 17.6 Å². The monoisotopic (exact) mass is 448 g/mol. The first-order valence-corrected chi connectivity index (χ1v) is 11.9. The highest BCUT2D eigenvalue weighted by Crippen LogP contribution is 2.21. The van der Waals surface area contributed by atoms with Crippen molar-refractivity contribution in [2.75, 3.05) is 13.1 Å². The van der Waals surface area contributed by atoms with Crippen molar-refractivity contribution in [1.82, 2.24) is 19.4 Å². The Morgan fingerprint density at radius 2 is 1.90 bits per heavy atom. The minimum absolute atomic E-state index is 0.138. The number of rotatable bonds is 5. The van der Waals surface area contributed by atoms with Crippen molar-refractivity contribution >= 4 is 27.3 Å². The summed E-state index contributed by atoms with van der Waals surface area (Å²) in [5, 5.41) is 6.01. The van der Waals surface area contributed by atoms with Gasteiger partial charge >= 0.3 is 0 Å². The van der Waals surface area contributed by atoms with Gasteiger partial charge in [-0.15, -0.1) is 11.3 Å². The van der Waals surface area contributed by atoms with E-state index in [1.54, 1.807) is 46.2 Å². The second-order valence-corrected chi connectivity index (χ2v) is 10.0. The van der Waals surface area contributed by atoms with Gasteiger partial charge in [-0.1, -0.05) is 6.07 Å². The fourth-order valence-electron chi connectivity index (χ4n) is 3.53. The maximum absolute atomic E-state index is 13.2. The highest BCUT2D eigenvalue weighted by atomic mass is 32.2. The Kier molecular flexibility index (Phi) is 5.72. The number of nitrogens with one attached hydrogen (secondary N) is 1. The second kappa shape index (κ2) is 8.29. The van der Waals surface area contributed by atoms with Crippen LogP contribution in [0.3, 0.4) is 0 Å². The molecule has 1 fully saturated rings. The molecule has 1 aliphatic heterocycles. The van der Waals surface area contributed by atoms with E-state index in [1.165, 1.54) is 29.7 Å². The number of aromatic nitrogens is 2. The summed E-state index contributed by atoms with van der Waals surface area (Å²) in [5.74, 6) is -0.474. The van der Waals surface area contributed by atoms with Gasteiger partial charge in [0.25, 0.3) is 5.91 Å². The third-order valence-electron chi connectivity index (χ3n) is 5.18. The zero-order valence-corrected chi connectivity index (χ0v) is 17.9. The van der Waals surface area contributed by atoms with Gasteiger partial charge in [0, 0.05) is 19.1 Å². The summed E-state index contributed by atoms with van der Waals surface area (Å²) in [6.07, 6.45) is 2.61. The Morgan fingerprint density at radius 1 is 1.20 bits per heavy atom. The first kappa shape index (κ1) is 20.7. The number of carbonyl (C=O) groups excluding carboxylic acids is 1. The number of halogens is 1. The molecule has 7 nitrogen and oxygen atoms in total. The number of amides is 1. The van der Waals surface area contributed by atoms with Gasteiger partial charge in [-0.3, -0.25) is 4.79 Å². The molecule has 0 atom stereocenters. The molecule has 4 rings (SSSR count). The third kappa shape index (κ3) is 4.16. The average Bonchev–Trinajstić information content (AvgIpc) is 3.39. The van der Waals surface area contributed by atoms with Crippen molar-refractivity contribution in [3.63, 3.8) is 0 Å². The van der Waals surface area contributed by atoms with E-state index in [9.17, 15) is 17.6 Å². The molecule has 1 aliphatic rings. The Hall–Kier alpha value is -2.56. The number of carbonyl (C=O) groups is 1. The standard InChI is InChI=1S/C20H21FN4O3S2/c1-14-18(13-22-25(14)17-6-4-15(21)5-7-17)20(26)24-10-8-16(9-11-24)23-30(27,28)19-3-2-12-29-19/h2-7,12-13,16,23H,8-11H2,1H3. The van der Waals surface area contributed by atoms with Gasteiger partial charge in [0.1, 0.15) is 10.0 Å². The number of likely N-dealkylation sites (tertiary alicyclic amines) is 1. The van der Waals surface area contributed by atoms with Gasteiger partial charge in [0.15, 0.2) is 0 Å². The summed E-state index contributed by atoms with van der Waals surface area (Å²) < 4.78 is 42.6. The molecule has 1 saturated heterocycles. The summed E-state index contributed by atoms with van der Waals surface area (Å²) in [5.41, 5.74) is 1.83. The molecule has 0 unspecified atom stereocenters. The van der Waals surface area contributed by atoms with Crippen LogP contribution in [0.5, 0.6) is 0 Å². The van der Waals surface area contributed by atoms with E-state index in [-0.39, 0.29) is 17.8 Å². The molecule has 0 saturated carbocycles. The fourth-order valence-corrected chi connectivity index (χ4v) is 5.84. The van der Waals surface area contributed by atoms with Crippen LogP contribution in [0.4, 0.5) is 4.39 Å². The first-order chi connectivity index (χ1) is 14.3. The number of hydrogen-bond donors (Lipinski definition) is 1. The molecule has 0 aliphatic carbocycles. The zero-order chi connectivity index (χ0) is 21.3. The molecule has 1 aromatic carbocycles. The lowest BCUT2D eigenvalue weighted by Crippen LogP contribution is -2.46. The lowest BCUT2D eigenvalue weighted by Gasteiger charge is -2.32. The quantitative estimate of drug-likeness (QED) is 0.650. The second-order valence-electron chi connectivity index (χ2n) is 7.15. The smallest absolute Gasteiger partial charge is 0.257 e. The number of hydrogen-bond acceptors (Lipinski definition) is 5. The molecular weight excluding hydrogens is 427 g/mol. The first-order valence-electron chi connectivity index (χ1n) is 9.51. The van der Waals surface area contributed by atoms with E-state index in [1.807, 2.05) is 0 Å². The van der Waals surface area contributed by atoms with Gasteiger partial charge in [-0.05, 0) is 55.5 Å². The van der Waals surface area contributed by atoms with Crippen molar-refractivity contribution in [2.24, 2.45) is 0 Å². The Balaban J connectivity index is 1.41. The molecule has 0 bridgehead atoms. The van der Waals surface area contributed by atoms with Crippen LogP contribution in [0, 0.1) is 12.7 Å². The summed E-state index contributed by atoms with van der Waals surface area (Å²) in [7, 11) is -3.52. The fraction of sp³-hybridized carbons (Fsp3) is 0.300. The topological polar surface area (TPSA) is 84.3 Å². The van der Waals surface area contributed by atoms with Crippen LogP contribution < -0.4 is 4.72 Å². The normalized spacial score (nSPS) is 15.5. The average molecular weight is 449 g/mol. The maximum atomic E-state index is 13.2. The van der Waals surface area contributed by atoms with Crippen LogP contribution in [0.25, 0.3) is 5.69 Å². The van der Waals surface area contributed by atoms with Crippen LogP contribution in [0.15, 0.2) is 52.2 Å². The van der Waals surface area contributed by atoms with Crippen molar-refractivity contribution in [3.8, 4) is 5.69 Å². The van der Waals surface area contributed by atoms with Crippen LogP contribution in [0.1, 0.15) is 28.9 Å². The Labute approximate surface area is 178 Å². The van der Waals surface area contributed by atoms with Crippen LogP contribution in [-0.2, 0) is 10.0 Å². The van der Waals surface area contributed by atoms with Gasteiger partial charge in [-0.25, -0.2) is 22.2 Å². The van der Waals surface area contributed by atoms with Crippen LogP contribution >= 0.6 is 11.3 Å². The molecule has 30 heavy (non-hydrogen) atoms. The van der Waals surface area contributed by atoms with E-state index in [0.717, 1.165) is 0 Å². The lowest BCUT2D eigenvalue weighted by molar-refractivity contribution is 0.0710. The summed E-state index contributed by atoms with van der Waals surface area (Å²) in [4.78, 5) is 14.7. The minimum Gasteiger partial charge on any atom is -0.338 e. The van der Waals surface area contributed by atoms with Gasteiger partial charge in [-0.2, -0.15) is 5.10 Å². The molecule has 158 valence electrons. The van der Waals surface area contributed by atoms with Crippen molar-refractivity contribution in [1.29, 1.82) is 0 Å². The molecule has 3 aromatic rings. The van der Waals surface area contributed by atoms with Crippen molar-refractivity contribution in [3.05, 3.63) is 65.0 Å². The summed E-state index contributed by atoms with van der Waals surface area (Å²) in [6.45, 7) is 2.71. The molecule has 1 N–H and O–H groups in total. The molecule has 2 aromatic heterocycles. The number of sulfonamides is 1. The van der Waals surface area contributed by atoms with E-state index < -0.39 is 10.0 Å². The van der Waals surface area contributed by atoms with Crippen molar-refractivity contribution in [2.45, 2.75) is 30.0 Å². The summed E-state index contributed by atoms with van der Waals surface area (Å²) >= 11 is 1.18. The number of nitrogens with zero attached hydrogens (tertiary/aromatic N) is 3. The van der Waals surface area contributed by atoms with Gasteiger partial charge in [0.05, 0.1) is 23.1 Å². The number of piperidine rings is 1. The molecular formula is C20H21FN4O3S2. The lowest BCUT2D eigenvalue weighted by atomic mass is 10.1. The Bertz CT molecular complexity index is 1130. The molecule has 0 spiro atoms. The van der Waals surface area contributed by atoms with E-state index in [0.29, 0.717) is 47.1 Å². The highest BCUT2D eigenvalue weighted by Gasteiger charge is 2.29.